The van der Waals surface area contributed by atoms with Crippen molar-refractivity contribution in [1.29, 1.82) is 0 Å². The number of nitrogens with zero attached hydrogens (tertiary/aromatic N) is 6. The second kappa shape index (κ2) is 11.4. The summed E-state index contributed by atoms with van der Waals surface area (Å²) in [6.45, 7) is 7.75. The molecule has 1 aromatic heterocycles. The molecule has 198 valence electrons. The van der Waals surface area contributed by atoms with Crippen molar-refractivity contribution >= 4 is 27.5 Å². The molecule has 3 fully saturated rings. The molecule has 4 heterocycles. The number of hydrogen-bond acceptors (Lipinski definition) is 7. The lowest BCUT2D eigenvalue weighted by Crippen LogP contribution is -2.54. The van der Waals surface area contributed by atoms with Gasteiger partial charge in [-0.2, -0.15) is 9.40 Å². The Labute approximate surface area is 214 Å². The van der Waals surface area contributed by atoms with E-state index in [4.69, 9.17) is 16.3 Å². The smallest absolute Gasteiger partial charge is 0.248 e. The van der Waals surface area contributed by atoms with Gasteiger partial charge in [0.25, 0.3) is 0 Å². The van der Waals surface area contributed by atoms with Crippen LogP contribution < -0.4 is 0 Å². The molecule has 35 heavy (non-hydrogen) atoms. The quantitative estimate of drug-likeness (QED) is 0.523. The maximum Gasteiger partial charge on any atom is 0.248 e. The lowest BCUT2D eigenvalue weighted by molar-refractivity contribution is -0.138. The van der Waals surface area contributed by atoms with Crippen molar-refractivity contribution < 1.29 is 17.9 Å². The van der Waals surface area contributed by atoms with Crippen LogP contribution >= 0.6 is 11.6 Å². The van der Waals surface area contributed by atoms with Crippen molar-refractivity contribution in [3.63, 3.8) is 0 Å². The van der Waals surface area contributed by atoms with E-state index in [-0.39, 0.29) is 35.2 Å². The second-order valence-corrected chi connectivity index (χ2v) is 12.2. The Hall–Kier alpha value is -1.24. The van der Waals surface area contributed by atoms with Gasteiger partial charge in [-0.3, -0.25) is 14.4 Å². The summed E-state index contributed by atoms with van der Waals surface area (Å²) in [6.07, 6.45) is 4.79. The van der Waals surface area contributed by atoms with E-state index in [2.05, 4.69) is 21.9 Å². The molecule has 1 atom stereocenters. The maximum atomic E-state index is 13.4. The monoisotopic (exact) mass is 530 g/mol. The Morgan fingerprint density at radius 3 is 2.34 bits per heavy atom. The number of hydrogen-bond donors (Lipinski definition) is 0. The number of piperidine rings is 2. The van der Waals surface area contributed by atoms with Gasteiger partial charge in [0, 0.05) is 51.9 Å². The molecule has 1 unspecified atom stereocenters. The molecule has 0 aliphatic carbocycles. The van der Waals surface area contributed by atoms with Gasteiger partial charge in [0.2, 0.25) is 15.9 Å². The van der Waals surface area contributed by atoms with E-state index in [0.29, 0.717) is 24.7 Å². The van der Waals surface area contributed by atoms with Crippen molar-refractivity contribution in [3.05, 3.63) is 10.8 Å². The van der Waals surface area contributed by atoms with Gasteiger partial charge in [-0.05, 0) is 52.7 Å². The maximum absolute atomic E-state index is 13.4. The Kier molecular flexibility index (Phi) is 8.76. The third-order valence-corrected chi connectivity index (χ3v) is 10.3. The molecular formula is C23H39ClN6O4S. The van der Waals surface area contributed by atoms with Crippen molar-refractivity contribution in [3.8, 4) is 0 Å². The van der Waals surface area contributed by atoms with Crippen molar-refractivity contribution in [2.24, 2.45) is 7.05 Å². The molecular weight excluding hydrogens is 492 g/mol. The fourth-order valence-corrected chi connectivity index (χ4v) is 7.94. The fraction of sp³-hybridized carbons (Fsp3) is 0.826. The average Bonchev–Trinajstić information content (AvgIpc) is 3.11. The van der Waals surface area contributed by atoms with Gasteiger partial charge in [-0.15, -0.1) is 0 Å². The Balaban J connectivity index is 1.27. The number of amides is 1. The van der Waals surface area contributed by atoms with Crippen LogP contribution in [0.3, 0.4) is 0 Å². The molecule has 3 saturated heterocycles. The minimum Gasteiger partial charge on any atom is -0.370 e. The van der Waals surface area contributed by atoms with E-state index in [1.807, 2.05) is 4.90 Å². The van der Waals surface area contributed by atoms with E-state index >= 15 is 0 Å². The topological polar surface area (TPSA) is 91.2 Å². The first kappa shape index (κ1) is 26.8. The summed E-state index contributed by atoms with van der Waals surface area (Å²) in [4.78, 5) is 19.6. The van der Waals surface area contributed by atoms with Crippen LogP contribution in [0.2, 0.25) is 5.15 Å². The first-order valence-electron chi connectivity index (χ1n) is 12.7. The van der Waals surface area contributed by atoms with Gasteiger partial charge >= 0.3 is 0 Å². The van der Waals surface area contributed by atoms with E-state index < -0.39 is 10.0 Å². The third kappa shape index (κ3) is 6.02. The molecule has 0 saturated carbocycles. The highest BCUT2D eigenvalue weighted by Gasteiger charge is 2.37. The molecule has 0 spiro atoms. The number of aromatic nitrogens is 2. The zero-order chi connectivity index (χ0) is 25.2. The first-order chi connectivity index (χ1) is 16.7. The minimum atomic E-state index is -3.81. The summed E-state index contributed by atoms with van der Waals surface area (Å²) in [5.41, 5.74) is 0.386. The van der Waals surface area contributed by atoms with Crippen LogP contribution in [0, 0.1) is 6.92 Å². The van der Waals surface area contributed by atoms with E-state index in [0.717, 1.165) is 52.1 Å². The highest BCUT2D eigenvalue weighted by Crippen LogP contribution is 2.31. The van der Waals surface area contributed by atoms with Crippen LogP contribution in [0.25, 0.3) is 0 Å². The van der Waals surface area contributed by atoms with Gasteiger partial charge < -0.3 is 14.5 Å². The highest BCUT2D eigenvalue weighted by atomic mass is 35.5. The van der Waals surface area contributed by atoms with Crippen LogP contribution in [0.5, 0.6) is 0 Å². The van der Waals surface area contributed by atoms with Gasteiger partial charge in [0.1, 0.15) is 16.7 Å². The zero-order valence-corrected chi connectivity index (χ0v) is 22.7. The number of rotatable bonds is 7. The molecule has 0 radical (unpaired) electrons. The number of ether oxygens (including phenoxy) is 1. The average molecular weight is 531 g/mol. The number of carbonyl (C=O) groups excluding carboxylic acids is 1. The van der Waals surface area contributed by atoms with Crippen molar-refractivity contribution in [2.75, 3.05) is 66.1 Å². The normalized spacial score (nSPS) is 24.2. The lowest BCUT2D eigenvalue weighted by Gasteiger charge is -2.42. The number of carbonyl (C=O) groups is 1. The fourth-order valence-electron chi connectivity index (χ4n) is 5.55. The first-order valence-corrected chi connectivity index (χ1v) is 14.5. The van der Waals surface area contributed by atoms with Gasteiger partial charge in [-0.25, -0.2) is 8.42 Å². The molecule has 10 nitrogen and oxygen atoms in total. The van der Waals surface area contributed by atoms with E-state index in [1.54, 1.807) is 14.0 Å². The molecule has 0 N–H and O–H groups in total. The molecule has 4 rings (SSSR count). The van der Waals surface area contributed by atoms with Crippen LogP contribution in [-0.2, 0) is 26.6 Å². The predicted molar refractivity (Wildman–Crippen MR) is 134 cm³/mol. The summed E-state index contributed by atoms with van der Waals surface area (Å²) in [6, 6.07) is 0.300. The highest BCUT2D eigenvalue weighted by molar-refractivity contribution is 7.89. The van der Waals surface area contributed by atoms with Crippen molar-refractivity contribution in [1.82, 2.24) is 28.8 Å². The summed E-state index contributed by atoms with van der Waals surface area (Å²) in [5, 5.41) is 4.28. The molecule has 12 heteroatoms. The lowest BCUT2D eigenvalue weighted by atomic mass is 10.0. The number of sulfonamides is 1. The molecule has 3 aliphatic rings. The number of halogens is 1. The van der Waals surface area contributed by atoms with Gasteiger partial charge in [0.15, 0.2) is 0 Å². The largest absolute Gasteiger partial charge is 0.370 e. The molecule has 0 aromatic carbocycles. The standard InChI is InChI=1S/C23H39ClN6O4S/c1-18-22(23(24)27(3)25-18)35(32,33)30-9-5-4-6-20(30)16-34-17-21(31)29-14-12-28(13-15-29)19-7-10-26(2)11-8-19/h19-20H,4-17H2,1-3H3. The number of piperazine rings is 1. The molecule has 1 aromatic rings. The van der Waals surface area contributed by atoms with E-state index in [1.165, 1.54) is 21.8 Å². The van der Waals surface area contributed by atoms with E-state index in [9.17, 15) is 13.2 Å². The molecule has 3 aliphatic heterocycles. The van der Waals surface area contributed by atoms with Crippen LogP contribution in [0.4, 0.5) is 0 Å². The molecule has 0 bridgehead atoms. The van der Waals surface area contributed by atoms with Crippen LogP contribution in [-0.4, -0.2) is 121 Å². The summed E-state index contributed by atoms with van der Waals surface area (Å²) in [7, 11) is -0.00929. The van der Waals surface area contributed by atoms with Crippen LogP contribution in [0.1, 0.15) is 37.8 Å². The van der Waals surface area contributed by atoms with Gasteiger partial charge in [-0.1, -0.05) is 18.0 Å². The minimum absolute atomic E-state index is 0.0225. The van der Waals surface area contributed by atoms with Crippen molar-refractivity contribution in [2.45, 2.75) is 56.0 Å². The summed E-state index contributed by atoms with van der Waals surface area (Å²) in [5.74, 6) is -0.0237. The second-order valence-electron chi connectivity index (χ2n) is 10.1. The Bertz CT molecular complexity index is 986. The molecule has 1 amide bonds. The summed E-state index contributed by atoms with van der Waals surface area (Å²) >= 11 is 6.27. The van der Waals surface area contributed by atoms with Crippen LogP contribution in [0.15, 0.2) is 4.90 Å². The zero-order valence-electron chi connectivity index (χ0n) is 21.2. The number of likely N-dealkylation sites (tertiary alicyclic amines) is 1. The third-order valence-electron chi connectivity index (χ3n) is 7.65. The summed E-state index contributed by atoms with van der Waals surface area (Å²) < 4.78 is 35.5. The Morgan fingerprint density at radius 1 is 1.03 bits per heavy atom. The SMILES string of the molecule is Cc1nn(C)c(Cl)c1S(=O)(=O)N1CCCCC1COCC(=O)N1CCN(C2CCN(C)CC2)CC1. The van der Waals surface area contributed by atoms with Gasteiger partial charge in [0.05, 0.1) is 12.3 Å². The predicted octanol–water partition coefficient (Wildman–Crippen LogP) is 1.18. The Morgan fingerprint density at radius 2 is 1.71 bits per heavy atom. The number of aryl methyl sites for hydroxylation is 2.